The molecular formula is C52H67ClF4O15. The van der Waals surface area contributed by atoms with Crippen LogP contribution in [0.15, 0.2) is 91.0 Å². The summed E-state index contributed by atoms with van der Waals surface area (Å²) in [7, 11) is 0. The van der Waals surface area contributed by atoms with Gasteiger partial charge in [-0.25, -0.2) is 8.78 Å². The van der Waals surface area contributed by atoms with Gasteiger partial charge in [-0.3, -0.25) is 4.79 Å². The van der Waals surface area contributed by atoms with Crippen molar-refractivity contribution in [3.63, 3.8) is 0 Å². The van der Waals surface area contributed by atoms with Gasteiger partial charge < -0.3 is 66.3 Å². The minimum atomic E-state index is -1.80. The molecule has 0 aliphatic heterocycles. The van der Waals surface area contributed by atoms with Crippen LogP contribution in [-0.2, 0) is 72.0 Å². The fourth-order valence-corrected chi connectivity index (χ4v) is 6.64. The summed E-state index contributed by atoms with van der Waals surface area (Å²) in [5.41, 5.74) is 2.16. The van der Waals surface area contributed by atoms with Crippen LogP contribution >= 0.6 is 11.6 Å². The van der Waals surface area contributed by atoms with E-state index in [-0.39, 0.29) is 25.9 Å². The summed E-state index contributed by atoms with van der Waals surface area (Å²) in [5, 5.41) is 0.660. The third-order valence-electron chi connectivity index (χ3n) is 9.99. The maximum absolute atomic E-state index is 13.6. The lowest BCUT2D eigenvalue weighted by molar-refractivity contribution is -0.136. The normalized spacial score (nSPS) is 11.7. The average molecular weight is 1040 g/mol. The predicted molar refractivity (Wildman–Crippen MR) is 257 cm³/mol. The molecule has 400 valence electrons. The SMILES string of the molecule is O=C(CCOCCOCCOCCOCCOCCOCCOCCOCCOCCOCCOCCOCCOC(c1ccccc1)(c1ccccc1)c1ccc(Cl)cc1)Oc1c(F)c(F)cc(F)c1F. The second-order valence-electron chi connectivity index (χ2n) is 15.1. The van der Waals surface area contributed by atoms with Crippen molar-refractivity contribution in [1.29, 1.82) is 0 Å². The number of rotatable bonds is 44. The fourth-order valence-electron chi connectivity index (χ4n) is 6.52. The van der Waals surface area contributed by atoms with E-state index in [9.17, 15) is 22.4 Å². The molecule has 0 aliphatic rings. The average Bonchev–Trinajstić information content (AvgIpc) is 3.39. The molecule has 0 spiro atoms. The van der Waals surface area contributed by atoms with Gasteiger partial charge in [0.15, 0.2) is 11.6 Å². The Bertz CT molecular complexity index is 1930. The molecule has 0 aliphatic carbocycles. The number of ether oxygens (including phenoxy) is 14. The Morgan fingerprint density at radius 1 is 0.375 bits per heavy atom. The predicted octanol–water partition coefficient (Wildman–Crippen LogP) is 7.40. The van der Waals surface area contributed by atoms with Crippen molar-refractivity contribution in [1.82, 2.24) is 0 Å². The third-order valence-corrected chi connectivity index (χ3v) is 10.2. The zero-order chi connectivity index (χ0) is 51.2. The van der Waals surface area contributed by atoms with Gasteiger partial charge >= 0.3 is 5.97 Å². The van der Waals surface area contributed by atoms with Crippen LogP contribution in [0.25, 0.3) is 0 Å². The lowest BCUT2D eigenvalue weighted by Crippen LogP contribution is -2.34. The van der Waals surface area contributed by atoms with E-state index in [1.165, 1.54) is 0 Å². The van der Waals surface area contributed by atoms with Crippen molar-refractivity contribution in [3.05, 3.63) is 136 Å². The second kappa shape index (κ2) is 38.4. The van der Waals surface area contributed by atoms with Gasteiger partial charge in [0, 0.05) is 11.1 Å². The lowest BCUT2D eigenvalue weighted by atomic mass is 9.80. The highest BCUT2D eigenvalue weighted by Gasteiger charge is 2.37. The maximum Gasteiger partial charge on any atom is 0.313 e. The molecule has 0 fully saturated rings. The molecule has 4 aromatic carbocycles. The summed E-state index contributed by atoms with van der Waals surface area (Å²) in [6.45, 7) is 9.35. The first-order valence-corrected chi connectivity index (χ1v) is 24.2. The Kier molecular flexibility index (Phi) is 32.2. The highest BCUT2D eigenvalue weighted by molar-refractivity contribution is 6.30. The van der Waals surface area contributed by atoms with E-state index in [4.69, 9.17) is 73.2 Å². The minimum absolute atomic E-state index is 0.0179. The molecule has 0 radical (unpaired) electrons. The minimum Gasteiger partial charge on any atom is -0.420 e. The first-order valence-electron chi connectivity index (χ1n) is 23.8. The maximum atomic E-state index is 13.6. The zero-order valence-electron chi connectivity index (χ0n) is 40.6. The van der Waals surface area contributed by atoms with E-state index in [0.29, 0.717) is 150 Å². The van der Waals surface area contributed by atoms with Crippen LogP contribution in [0.5, 0.6) is 5.75 Å². The molecule has 0 bridgehead atoms. The topological polar surface area (TPSA) is 146 Å². The number of carbonyl (C=O) groups excluding carboxylic acids is 1. The van der Waals surface area contributed by atoms with E-state index in [0.717, 1.165) is 16.7 Å². The van der Waals surface area contributed by atoms with E-state index >= 15 is 0 Å². The number of halogens is 5. The van der Waals surface area contributed by atoms with Crippen molar-refractivity contribution >= 4 is 17.6 Å². The van der Waals surface area contributed by atoms with Crippen molar-refractivity contribution in [2.75, 3.05) is 165 Å². The van der Waals surface area contributed by atoms with Crippen molar-refractivity contribution in [3.8, 4) is 5.75 Å². The van der Waals surface area contributed by atoms with Crippen LogP contribution in [-0.4, -0.2) is 171 Å². The molecule has 0 amide bonds. The summed E-state index contributed by atoms with van der Waals surface area (Å²) in [6, 6.07) is 28.1. The van der Waals surface area contributed by atoms with Gasteiger partial charge in [0.05, 0.1) is 172 Å². The third kappa shape index (κ3) is 24.2. The molecule has 4 rings (SSSR count). The standard InChI is InChI=1S/C52H67ClF4O15/c53-45-13-11-44(12-14-45)52(42-7-3-1-4-8-42,43-9-5-2-6-10-43)71-40-39-70-38-37-69-36-35-68-34-33-67-32-31-66-30-29-65-28-27-64-26-25-63-24-23-62-22-21-61-20-19-60-18-17-59-16-15-48(58)72-51-49(56)46(54)41-47(55)50(51)57/h1-14,41H,15-40H2. The Morgan fingerprint density at radius 3 is 0.972 bits per heavy atom. The monoisotopic (exact) mass is 1040 g/mol. The summed E-state index contributed by atoms with van der Waals surface area (Å²) in [5.74, 6) is -9.50. The molecule has 15 nitrogen and oxygen atoms in total. The zero-order valence-corrected chi connectivity index (χ0v) is 41.3. The number of benzene rings is 4. The van der Waals surface area contributed by atoms with E-state index in [2.05, 4.69) is 29.0 Å². The van der Waals surface area contributed by atoms with Gasteiger partial charge in [-0.1, -0.05) is 84.4 Å². The van der Waals surface area contributed by atoms with Crippen molar-refractivity contribution in [2.45, 2.75) is 12.0 Å². The first-order chi connectivity index (χ1) is 35.3. The van der Waals surface area contributed by atoms with Gasteiger partial charge in [0.1, 0.15) is 5.60 Å². The van der Waals surface area contributed by atoms with Crippen LogP contribution in [0.1, 0.15) is 23.1 Å². The molecule has 0 unspecified atom stereocenters. The number of hydrogen-bond donors (Lipinski definition) is 0. The molecule has 0 saturated heterocycles. The van der Waals surface area contributed by atoms with Crippen molar-refractivity contribution < 1.29 is 88.7 Å². The Morgan fingerprint density at radius 2 is 0.653 bits per heavy atom. The highest BCUT2D eigenvalue weighted by atomic mass is 35.5. The van der Waals surface area contributed by atoms with Crippen LogP contribution in [0.2, 0.25) is 5.02 Å². The van der Waals surface area contributed by atoms with Gasteiger partial charge in [-0.15, -0.1) is 0 Å². The molecular weight excluding hydrogens is 976 g/mol. The van der Waals surface area contributed by atoms with E-state index in [1.54, 1.807) is 0 Å². The molecule has 72 heavy (non-hydrogen) atoms. The number of esters is 1. The lowest BCUT2D eigenvalue weighted by Gasteiger charge is -2.36. The van der Waals surface area contributed by atoms with Gasteiger partial charge in [-0.05, 0) is 28.8 Å². The number of hydrogen-bond acceptors (Lipinski definition) is 15. The Hall–Kier alpha value is -4.16. The fraction of sp³-hybridized carbons (Fsp3) is 0.519. The molecule has 0 N–H and O–H groups in total. The molecule has 0 aromatic heterocycles. The molecule has 0 heterocycles. The Labute approximate surface area is 424 Å². The van der Waals surface area contributed by atoms with Crippen LogP contribution < -0.4 is 4.74 Å². The second-order valence-corrected chi connectivity index (χ2v) is 15.6. The van der Waals surface area contributed by atoms with Gasteiger partial charge in [-0.2, -0.15) is 8.78 Å². The first kappa shape index (κ1) is 60.4. The molecule has 0 atom stereocenters. The molecule has 0 saturated carbocycles. The van der Waals surface area contributed by atoms with E-state index in [1.807, 2.05) is 60.7 Å². The van der Waals surface area contributed by atoms with Crippen molar-refractivity contribution in [2.24, 2.45) is 0 Å². The Balaban J connectivity index is 0.816. The smallest absolute Gasteiger partial charge is 0.313 e. The van der Waals surface area contributed by atoms with Crippen LogP contribution in [0.3, 0.4) is 0 Å². The summed E-state index contributed by atoms with van der Waals surface area (Å²) in [6.07, 6.45) is -0.399. The van der Waals surface area contributed by atoms with Gasteiger partial charge in [0.2, 0.25) is 17.4 Å². The molecule has 4 aromatic rings. The number of carbonyl (C=O) groups is 1. The summed E-state index contributed by atoms with van der Waals surface area (Å²) < 4.78 is 131. The van der Waals surface area contributed by atoms with Crippen LogP contribution in [0, 0.1) is 23.3 Å². The highest BCUT2D eigenvalue weighted by Crippen LogP contribution is 2.40. The van der Waals surface area contributed by atoms with Gasteiger partial charge in [0.25, 0.3) is 0 Å². The van der Waals surface area contributed by atoms with Crippen LogP contribution in [0.4, 0.5) is 17.6 Å². The largest absolute Gasteiger partial charge is 0.420 e. The summed E-state index contributed by atoms with van der Waals surface area (Å²) in [4.78, 5) is 11.7. The molecule has 20 heteroatoms. The quantitative estimate of drug-likeness (QED) is 0.0108. The summed E-state index contributed by atoms with van der Waals surface area (Å²) >= 11 is 6.25. The van der Waals surface area contributed by atoms with E-state index < -0.39 is 47.0 Å².